The largest absolute Gasteiger partial charge is 0.374 e. The lowest BCUT2D eigenvalue weighted by Crippen LogP contribution is -2.47. The van der Waals surface area contributed by atoms with E-state index in [1.165, 1.54) is 5.56 Å². The molecule has 112 valence electrons. The van der Waals surface area contributed by atoms with Gasteiger partial charge in [-0.25, -0.2) is 0 Å². The molecule has 1 aromatic rings. The molecule has 3 N–H and O–H groups in total. The number of carbonyl (C=O) groups is 1. The third-order valence-corrected chi connectivity index (χ3v) is 3.15. The summed E-state index contributed by atoms with van der Waals surface area (Å²) >= 11 is 0. The van der Waals surface area contributed by atoms with Crippen LogP contribution in [0.2, 0.25) is 0 Å². The Bertz CT molecular complexity index is 404. The van der Waals surface area contributed by atoms with Gasteiger partial charge in [0.15, 0.2) is 0 Å². The van der Waals surface area contributed by atoms with Gasteiger partial charge in [0.05, 0.1) is 11.6 Å². The SMILES string of the molecule is CCOC(C)(C)CNC(=O)[C@@H](N)CCc1ccccc1. The molecule has 1 aromatic carbocycles. The Morgan fingerprint density at radius 1 is 1.35 bits per heavy atom. The first kappa shape index (κ1) is 16.7. The highest BCUT2D eigenvalue weighted by Gasteiger charge is 2.20. The Balaban J connectivity index is 2.32. The summed E-state index contributed by atoms with van der Waals surface area (Å²) in [6.07, 6.45) is 1.45. The third-order valence-electron chi connectivity index (χ3n) is 3.15. The first-order valence-corrected chi connectivity index (χ1v) is 7.16. The van der Waals surface area contributed by atoms with Crippen molar-refractivity contribution in [2.75, 3.05) is 13.2 Å². The molecule has 0 aliphatic heterocycles. The topological polar surface area (TPSA) is 64.3 Å². The predicted molar refractivity (Wildman–Crippen MR) is 81.5 cm³/mol. The molecule has 1 amide bonds. The van der Waals surface area contributed by atoms with Crippen molar-refractivity contribution < 1.29 is 9.53 Å². The van der Waals surface area contributed by atoms with Gasteiger partial charge in [-0.05, 0) is 39.2 Å². The molecule has 4 nitrogen and oxygen atoms in total. The second kappa shape index (κ2) is 8.02. The molecule has 1 rings (SSSR count). The molecule has 0 spiro atoms. The second-order valence-electron chi connectivity index (χ2n) is 5.54. The maximum absolute atomic E-state index is 11.9. The summed E-state index contributed by atoms with van der Waals surface area (Å²) in [5, 5.41) is 2.85. The highest BCUT2D eigenvalue weighted by Crippen LogP contribution is 2.08. The molecule has 20 heavy (non-hydrogen) atoms. The number of rotatable bonds is 8. The van der Waals surface area contributed by atoms with Crippen molar-refractivity contribution >= 4 is 5.91 Å². The van der Waals surface area contributed by atoms with E-state index in [4.69, 9.17) is 10.5 Å². The minimum atomic E-state index is -0.479. The van der Waals surface area contributed by atoms with Gasteiger partial charge in [-0.2, -0.15) is 0 Å². The van der Waals surface area contributed by atoms with Crippen molar-refractivity contribution in [3.63, 3.8) is 0 Å². The zero-order valence-electron chi connectivity index (χ0n) is 12.7. The highest BCUT2D eigenvalue weighted by atomic mass is 16.5. The Kier molecular flexibility index (Phi) is 6.68. The predicted octanol–water partition coefficient (Wildman–Crippen LogP) is 1.88. The van der Waals surface area contributed by atoms with Crippen LogP contribution in [0.5, 0.6) is 0 Å². The molecule has 0 heterocycles. The summed E-state index contributed by atoms with van der Waals surface area (Å²) < 4.78 is 5.53. The minimum absolute atomic E-state index is 0.117. The van der Waals surface area contributed by atoms with Crippen LogP contribution in [0.15, 0.2) is 30.3 Å². The molecule has 0 unspecified atom stereocenters. The van der Waals surface area contributed by atoms with Crippen molar-refractivity contribution in [1.82, 2.24) is 5.32 Å². The quantitative estimate of drug-likeness (QED) is 0.763. The van der Waals surface area contributed by atoms with Crippen LogP contribution in [0.25, 0.3) is 0 Å². The van der Waals surface area contributed by atoms with Crippen LogP contribution < -0.4 is 11.1 Å². The monoisotopic (exact) mass is 278 g/mol. The maximum atomic E-state index is 11.9. The first-order valence-electron chi connectivity index (χ1n) is 7.16. The van der Waals surface area contributed by atoms with Crippen LogP contribution in [-0.4, -0.2) is 30.7 Å². The highest BCUT2D eigenvalue weighted by molar-refractivity contribution is 5.81. The number of hydrogen-bond donors (Lipinski definition) is 2. The lowest BCUT2D eigenvalue weighted by molar-refractivity contribution is -0.124. The lowest BCUT2D eigenvalue weighted by atomic mass is 10.0. The van der Waals surface area contributed by atoms with Crippen LogP contribution >= 0.6 is 0 Å². The summed E-state index contributed by atoms with van der Waals surface area (Å²) in [6, 6.07) is 9.57. The number of ether oxygens (including phenoxy) is 1. The number of nitrogens with two attached hydrogens (primary N) is 1. The molecule has 0 saturated carbocycles. The maximum Gasteiger partial charge on any atom is 0.237 e. The van der Waals surface area contributed by atoms with Gasteiger partial charge < -0.3 is 15.8 Å². The van der Waals surface area contributed by atoms with Gasteiger partial charge >= 0.3 is 0 Å². The van der Waals surface area contributed by atoms with Crippen molar-refractivity contribution in [3.8, 4) is 0 Å². The zero-order valence-corrected chi connectivity index (χ0v) is 12.7. The zero-order chi connectivity index (χ0) is 15.0. The summed E-state index contributed by atoms with van der Waals surface area (Å²) in [7, 11) is 0. The van der Waals surface area contributed by atoms with Crippen molar-refractivity contribution in [2.24, 2.45) is 5.73 Å². The molecule has 0 radical (unpaired) electrons. The fourth-order valence-electron chi connectivity index (χ4n) is 1.97. The van der Waals surface area contributed by atoms with E-state index in [1.54, 1.807) is 0 Å². The Morgan fingerprint density at radius 2 is 2.00 bits per heavy atom. The molecular weight excluding hydrogens is 252 g/mol. The van der Waals surface area contributed by atoms with Crippen molar-refractivity contribution in [3.05, 3.63) is 35.9 Å². The Hall–Kier alpha value is -1.39. The van der Waals surface area contributed by atoms with Gasteiger partial charge in [0, 0.05) is 13.2 Å². The fourth-order valence-corrected chi connectivity index (χ4v) is 1.97. The number of nitrogens with one attached hydrogen (secondary N) is 1. The van der Waals surface area contributed by atoms with Crippen molar-refractivity contribution in [1.29, 1.82) is 0 Å². The van der Waals surface area contributed by atoms with Gasteiger partial charge in [-0.3, -0.25) is 4.79 Å². The minimum Gasteiger partial charge on any atom is -0.374 e. The summed E-state index contributed by atoms with van der Waals surface area (Å²) in [4.78, 5) is 11.9. The third kappa shape index (κ3) is 6.17. The van der Waals surface area contributed by atoms with Gasteiger partial charge in [-0.1, -0.05) is 30.3 Å². The lowest BCUT2D eigenvalue weighted by Gasteiger charge is -2.25. The Labute approximate surface area is 121 Å². The van der Waals surface area contributed by atoms with Crippen LogP contribution in [-0.2, 0) is 16.0 Å². The van der Waals surface area contributed by atoms with E-state index in [9.17, 15) is 4.79 Å². The number of carbonyl (C=O) groups excluding carboxylic acids is 1. The van der Waals surface area contributed by atoms with Crippen LogP contribution in [0.4, 0.5) is 0 Å². The molecule has 0 saturated heterocycles. The second-order valence-corrected chi connectivity index (χ2v) is 5.54. The number of benzene rings is 1. The molecule has 0 aromatic heterocycles. The van der Waals surface area contributed by atoms with Gasteiger partial charge in [0.25, 0.3) is 0 Å². The van der Waals surface area contributed by atoms with Crippen LogP contribution in [0.1, 0.15) is 32.8 Å². The number of amides is 1. The van der Waals surface area contributed by atoms with E-state index < -0.39 is 6.04 Å². The standard InChI is InChI=1S/C16H26N2O2/c1-4-20-16(2,3)12-18-15(19)14(17)11-10-13-8-6-5-7-9-13/h5-9,14H,4,10-12,17H2,1-3H3,(H,18,19)/t14-/m0/s1. The smallest absolute Gasteiger partial charge is 0.237 e. The van der Waals surface area contributed by atoms with E-state index in [-0.39, 0.29) is 11.5 Å². The number of hydrogen-bond acceptors (Lipinski definition) is 3. The summed E-state index contributed by atoms with van der Waals surface area (Å²) in [5.74, 6) is -0.117. The fraction of sp³-hybridized carbons (Fsp3) is 0.562. The van der Waals surface area contributed by atoms with E-state index in [0.717, 1.165) is 6.42 Å². The average Bonchev–Trinajstić information content (AvgIpc) is 2.43. The number of aryl methyl sites for hydroxylation is 1. The molecule has 0 fully saturated rings. The molecule has 0 aliphatic carbocycles. The molecular formula is C16H26N2O2. The van der Waals surface area contributed by atoms with E-state index in [2.05, 4.69) is 5.32 Å². The van der Waals surface area contributed by atoms with Gasteiger partial charge in [0.2, 0.25) is 5.91 Å². The summed E-state index contributed by atoms with van der Waals surface area (Å²) in [6.45, 7) is 6.94. The van der Waals surface area contributed by atoms with E-state index >= 15 is 0 Å². The molecule has 0 bridgehead atoms. The normalized spacial score (nSPS) is 13.0. The molecule has 1 atom stereocenters. The molecule has 0 aliphatic rings. The first-order chi connectivity index (χ1) is 9.44. The van der Waals surface area contributed by atoms with E-state index in [1.807, 2.05) is 51.1 Å². The van der Waals surface area contributed by atoms with Gasteiger partial charge in [-0.15, -0.1) is 0 Å². The van der Waals surface area contributed by atoms with Crippen LogP contribution in [0, 0.1) is 0 Å². The average molecular weight is 278 g/mol. The Morgan fingerprint density at radius 3 is 2.60 bits per heavy atom. The summed E-state index contributed by atoms with van der Waals surface area (Å²) in [5.41, 5.74) is 6.76. The van der Waals surface area contributed by atoms with Crippen molar-refractivity contribution in [2.45, 2.75) is 45.3 Å². The van der Waals surface area contributed by atoms with Gasteiger partial charge in [0.1, 0.15) is 0 Å². The van der Waals surface area contributed by atoms with Crippen LogP contribution in [0.3, 0.4) is 0 Å². The molecule has 4 heteroatoms. The van der Waals surface area contributed by atoms with E-state index in [0.29, 0.717) is 19.6 Å².